The fourth-order valence-electron chi connectivity index (χ4n) is 3.40. The van der Waals surface area contributed by atoms with E-state index in [1.165, 1.54) is 32.1 Å². The van der Waals surface area contributed by atoms with E-state index in [0.717, 1.165) is 27.0 Å². The van der Waals surface area contributed by atoms with Crippen LogP contribution in [0.2, 0.25) is 0 Å². The Morgan fingerprint density at radius 1 is 1.04 bits per heavy atom. The van der Waals surface area contributed by atoms with Gasteiger partial charge in [-0.05, 0) is 48.6 Å². The molecule has 0 bridgehead atoms. The van der Waals surface area contributed by atoms with E-state index in [0.29, 0.717) is 12.5 Å². The van der Waals surface area contributed by atoms with Crippen LogP contribution in [0.5, 0.6) is 0 Å². The van der Waals surface area contributed by atoms with Crippen LogP contribution >= 0.6 is 22.7 Å². The summed E-state index contributed by atoms with van der Waals surface area (Å²) in [4.78, 5) is 18.0. The summed E-state index contributed by atoms with van der Waals surface area (Å²) in [6.07, 6.45) is 6.79. The van der Waals surface area contributed by atoms with Crippen molar-refractivity contribution in [1.29, 1.82) is 0 Å². The van der Waals surface area contributed by atoms with Crippen LogP contribution in [0.4, 0.5) is 11.4 Å². The summed E-state index contributed by atoms with van der Waals surface area (Å²) < 4.78 is 0. The maximum absolute atomic E-state index is 12.3. The molecule has 0 atom stereocenters. The molecule has 0 saturated heterocycles. The number of nitrogens with zero attached hydrogens (tertiary/aromatic N) is 1. The van der Waals surface area contributed by atoms with E-state index >= 15 is 0 Å². The maximum Gasteiger partial charge on any atom is 0.230 e. The van der Waals surface area contributed by atoms with Crippen molar-refractivity contribution < 1.29 is 4.79 Å². The van der Waals surface area contributed by atoms with Gasteiger partial charge >= 0.3 is 0 Å². The quantitative estimate of drug-likeness (QED) is 0.553. The van der Waals surface area contributed by atoms with Gasteiger partial charge in [0.05, 0.1) is 17.0 Å². The molecule has 2 N–H and O–H groups in total. The van der Waals surface area contributed by atoms with Gasteiger partial charge in [-0.25, -0.2) is 4.98 Å². The van der Waals surface area contributed by atoms with Gasteiger partial charge in [0, 0.05) is 22.8 Å². The van der Waals surface area contributed by atoms with Crippen molar-refractivity contribution in [2.24, 2.45) is 0 Å². The molecule has 0 spiro atoms. The molecule has 0 aliphatic heterocycles. The van der Waals surface area contributed by atoms with Crippen molar-refractivity contribution >= 4 is 40.0 Å². The molecule has 0 unspecified atom stereocenters. The van der Waals surface area contributed by atoms with Gasteiger partial charge in [-0.2, -0.15) is 0 Å². The lowest BCUT2D eigenvalue weighted by Crippen LogP contribution is -2.22. The van der Waals surface area contributed by atoms with Crippen LogP contribution in [-0.2, 0) is 11.2 Å². The molecule has 2 heterocycles. The molecule has 1 aromatic carbocycles. The summed E-state index contributed by atoms with van der Waals surface area (Å²) in [5.41, 5.74) is 2.76. The number of hydrogen-bond donors (Lipinski definition) is 2. The van der Waals surface area contributed by atoms with Gasteiger partial charge in [0.2, 0.25) is 5.91 Å². The zero-order valence-electron chi connectivity index (χ0n) is 15.1. The number of aromatic nitrogens is 1. The average Bonchev–Trinajstić information content (AvgIpc) is 3.36. The van der Waals surface area contributed by atoms with Crippen LogP contribution in [0.15, 0.2) is 47.2 Å². The van der Waals surface area contributed by atoms with Crippen LogP contribution in [0.1, 0.15) is 37.8 Å². The van der Waals surface area contributed by atoms with E-state index in [1.54, 1.807) is 22.7 Å². The van der Waals surface area contributed by atoms with Gasteiger partial charge < -0.3 is 10.6 Å². The molecule has 2 aromatic heterocycles. The molecule has 6 heteroatoms. The first-order valence-electron chi connectivity index (χ1n) is 9.41. The Hall–Kier alpha value is -2.18. The number of carbonyl (C=O) groups excluding carboxylic acids is 1. The number of carbonyl (C=O) groups is 1. The third-order valence-electron chi connectivity index (χ3n) is 4.77. The lowest BCUT2D eigenvalue weighted by atomic mass is 9.95. The van der Waals surface area contributed by atoms with Crippen LogP contribution in [0.3, 0.4) is 0 Å². The number of benzene rings is 1. The van der Waals surface area contributed by atoms with E-state index in [-0.39, 0.29) is 5.91 Å². The Morgan fingerprint density at radius 3 is 2.56 bits per heavy atom. The molecule has 0 radical (unpaired) electrons. The molecule has 1 fully saturated rings. The maximum atomic E-state index is 12.3. The van der Waals surface area contributed by atoms with Crippen molar-refractivity contribution in [2.45, 2.75) is 44.6 Å². The van der Waals surface area contributed by atoms with Crippen LogP contribution in [0.25, 0.3) is 9.88 Å². The molecule has 4 rings (SSSR count). The largest absolute Gasteiger partial charge is 0.382 e. The van der Waals surface area contributed by atoms with Gasteiger partial charge in [-0.3, -0.25) is 4.79 Å². The predicted molar refractivity (Wildman–Crippen MR) is 115 cm³/mol. The number of hydrogen-bond acceptors (Lipinski definition) is 5. The summed E-state index contributed by atoms with van der Waals surface area (Å²) in [7, 11) is 0. The Kier molecular flexibility index (Phi) is 5.84. The number of thiophene rings is 1. The summed E-state index contributed by atoms with van der Waals surface area (Å²) in [5, 5.41) is 11.5. The molecule has 4 nitrogen and oxygen atoms in total. The molecular weight excluding hydrogens is 374 g/mol. The van der Waals surface area contributed by atoms with Crippen molar-refractivity contribution in [1.82, 2.24) is 4.98 Å². The number of thiazole rings is 1. The Morgan fingerprint density at radius 2 is 1.81 bits per heavy atom. The van der Waals surface area contributed by atoms with Crippen LogP contribution in [0, 0.1) is 0 Å². The summed E-state index contributed by atoms with van der Waals surface area (Å²) in [6.45, 7) is 0. The molecular formula is C21H23N3OS2. The Bertz CT molecular complexity index is 865. The van der Waals surface area contributed by atoms with Crippen molar-refractivity contribution in [2.75, 3.05) is 10.6 Å². The fourth-order valence-corrected chi connectivity index (χ4v) is 5.04. The highest BCUT2D eigenvalue weighted by Crippen LogP contribution is 2.28. The van der Waals surface area contributed by atoms with E-state index in [4.69, 9.17) is 0 Å². The molecule has 3 aromatic rings. The van der Waals surface area contributed by atoms with Crippen LogP contribution < -0.4 is 10.6 Å². The third-order valence-corrected chi connectivity index (χ3v) is 6.70. The topological polar surface area (TPSA) is 54.0 Å². The van der Waals surface area contributed by atoms with Gasteiger partial charge in [-0.1, -0.05) is 25.3 Å². The van der Waals surface area contributed by atoms with Gasteiger partial charge in [0.1, 0.15) is 5.01 Å². The standard InChI is InChI=1S/C21H23N3OS2/c25-20(13-18-14-27-21(24-18)19-7-4-12-26-19)23-17-10-8-16(9-11-17)22-15-5-2-1-3-6-15/h4,7-12,14-15,22H,1-3,5-6,13H2,(H,23,25). The van der Waals surface area contributed by atoms with Crippen molar-refractivity contribution in [3.05, 3.63) is 52.9 Å². The molecule has 1 saturated carbocycles. The Balaban J connectivity index is 1.30. The van der Waals surface area contributed by atoms with Gasteiger partial charge in [0.25, 0.3) is 0 Å². The lowest BCUT2D eigenvalue weighted by molar-refractivity contribution is -0.115. The normalized spacial score (nSPS) is 14.8. The minimum absolute atomic E-state index is 0.0361. The second-order valence-corrected chi connectivity index (χ2v) is 8.71. The highest BCUT2D eigenvalue weighted by Gasteiger charge is 2.13. The third kappa shape index (κ3) is 4.96. The highest BCUT2D eigenvalue weighted by molar-refractivity contribution is 7.20. The summed E-state index contributed by atoms with van der Waals surface area (Å²) in [6, 6.07) is 12.7. The van der Waals surface area contributed by atoms with Crippen LogP contribution in [-0.4, -0.2) is 16.9 Å². The van der Waals surface area contributed by atoms with E-state index in [1.807, 2.05) is 41.1 Å². The SMILES string of the molecule is O=C(Cc1csc(-c2cccs2)n1)Nc1ccc(NC2CCCCC2)cc1. The van der Waals surface area contributed by atoms with Crippen molar-refractivity contribution in [3.8, 4) is 9.88 Å². The zero-order chi connectivity index (χ0) is 18.5. The number of anilines is 2. The molecule has 27 heavy (non-hydrogen) atoms. The first kappa shape index (κ1) is 18.2. The first-order chi connectivity index (χ1) is 13.3. The fraction of sp³-hybridized carbons (Fsp3) is 0.333. The van der Waals surface area contributed by atoms with E-state index < -0.39 is 0 Å². The van der Waals surface area contributed by atoms with E-state index in [9.17, 15) is 4.79 Å². The zero-order valence-corrected chi connectivity index (χ0v) is 16.7. The molecule has 140 valence electrons. The predicted octanol–water partition coefficient (Wildman–Crippen LogP) is 5.80. The minimum Gasteiger partial charge on any atom is -0.382 e. The van der Waals surface area contributed by atoms with Crippen molar-refractivity contribution in [3.63, 3.8) is 0 Å². The number of amides is 1. The van der Waals surface area contributed by atoms with E-state index in [2.05, 4.69) is 21.7 Å². The molecule has 1 aliphatic rings. The smallest absolute Gasteiger partial charge is 0.230 e. The summed E-state index contributed by atoms with van der Waals surface area (Å²) in [5.74, 6) is -0.0361. The molecule has 1 amide bonds. The van der Waals surface area contributed by atoms with Gasteiger partial charge in [-0.15, -0.1) is 22.7 Å². The Labute approximate surface area is 167 Å². The number of rotatable bonds is 6. The monoisotopic (exact) mass is 397 g/mol. The summed E-state index contributed by atoms with van der Waals surface area (Å²) >= 11 is 3.25. The minimum atomic E-state index is -0.0361. The second kappa shape index (κ2) is 8.67. The average molecular weight is 398 g/mol. The number of nitrogens with one attached hydrogen (secondary N) is 2. The lowest BCUT2D eigenvalue weighted by Gasteiger charge is -2.23. The first-order valence-corrected chi connectivity index (χ1v) is 11.2. The molecule has 1 aliphatic carbocycles. The highest BCUT2D eigenvalue weighted by atomic mass is 32.1. The van der Waals surface area contributed by atoms with Gasteiger partial charge in [0.15, 0.2) is 0 Å². The second-order valence-electron chi connectivity index (χ2n) is 6.90.